The van der Waals surface area contributed by atoms with E-state index in [0.717, 1.165) is 32.2 Å². The number of rotatable bonds is 1. The van der Waals surface area contributed by atoms with Crippen LogP contribution in [0.1, 0.15) is 5.56 Å². The van der Waals surface area contributed by atoms with Gasteiger partial charge in [0.1, 0.15) is 13.1 Å². The van der Waals surface area contributed by atoms with Crippen LogP contribution in [0.3, 0.4) is 0 Å². The maximum Gasteiger partial charge on any atom is 0.416 e. The van der Waals surface area contributed by atoms with E-state index < -0.39 is 11.7 Å². The molecule has 0 spiro atoms. The number of benzene rings is 1. The molecule has 1 aromatic carbocycles. The summed E-state index contributed by atoms with van der Waals surface area (Å²) in [6, 6.07) is 5.50. The molecule has 1 aliphatic heterocycles. The van der Waals surface area contributed by atoms with E-state index in [1.165, 1.54) is 12.1 Å². The van der Waals surface area contributed by atoms with E-state index in [-0.39, 0.29) is 0 Å². The van der Waals surface area contributed by atoms with Gasteiger partial charge < -0.3 is 5.32 Å². The Labute approximate surface area is 92.1 Å². The quantitative estimate of drug-likeness (QED) is 0.731. The Morgan fingerprint density at radius 3 is 2.44 bits per heavy atom. The summed E-state index contributed by atoms with van der Waals surface area (Å²) in [7, 11) is 0. The first-order chi connectivity index (χ1) is 7.57. The van der Waals surface area contributed by atoms with Crippen molar-refractivity contribution in [2.75, 3.05) is 26.2 Å². The molecule has 1 radical (unpaired) electrons. The molecule has 1 heterocycles. The van der Waals surface area contributed by atoms with Crippen LogP contribution in [0.25, 0.3) is 0 Å². The number of halogens is 3. The van der Waals surface area contributed by atoms with Gasteiger partial charge in [-0.1, -0.05) is 6.07 Å². The topological polar surface area (TPSA) is 17.9 Å². The van der Waals surface area contributed by atoms with Crippen LogP contribution < -0.4 is 10.2 Å². The molecule has 16 heavy (non-hydrogen) atoms. The van der Waals surface area contributed by atoms with Gasteiger partial charge in [0.2, 0.25) is 0 Å². The predicted molar refractivity (Wildman–Crippen MR) is 55.8 cm³/mol. The molecule has 0 amide bonds. The Morgan fingerprint density at radius 1 is 1.12 bits per heavy atom. The summed E-state index contributed by atoms with van der Waals surface area (Å²) in [6.45, 7) is 3.13. The summed E-state index contributed by atoms with van der Waals surface area (Å²) in [6.07, 6.45) is -4.26. The molecule has 0 aliphatic carbocycles. The molecule has 0 aromatic heterocycles. The minimum atomic E-state index is -4.26. The third-order valence-electron chi connectivity index (χ3n) is 2.66. The van der Waals surface area contributed by atoms with Crippen LogP contribution in [0.5, 0.6) is 0 Å². The molecule has 87 valence electrons. The molecule has 1 aromatic rings. The summed E-state index contributed by atoms with van der Waals surface area (Å²) >= 11 is 0. The van der Waals surface area contributed by atoms with Gasteiger partial charge >= 0.3 is 6.18 Å². The number of hydrogen-bond donors (Lipinski definition) is 1. The molecule has 0 unspecified atom stereocenters. The lowest BCUT2D eigenvalue weighted by molar-refractivity contribution is -0.137. The van der Waals surface area contributed by atoms with Crippen molar-refractivity contribution in [3.63, 3.8) is 0 Å². The zero-order valence-electron chi connectivity index (χ0n) is 8.72. The summed E-state index contributed by atoms with van der Waals surface area (Å²) in [5, 5.41) is 3.17. The second-order valence-corrected chi connectivity index (χ2v) is 3.79. The second-order valence-electron chi connectivity index (χ2n) is 3.79. The van der Waals surface area contributed by atoms with Crippen LogP contribution in [0.2, 0.25) is 0 Å². The van der Waals surface area contributed by atoms with Gasteiger partial charge in [0.05, 0.1) is 18.7 Å². The number of anilines is 1. The number of nitrogens with zero attached hydrogens (tertiary/aromatic N) is 1. The molecule has 0 bridgehead atoms. The standard InChI is InChI=1S/C11H13F3N2/c12-11(13,14)9-2-1-3-10(8-9)16-6-4-15-5-7-16/h1-3,8,15H,4-7H2/q+1. The number of hydrogen-bond acceptors (Lipinski definition) is 2. The molecule has 1 saturated heterocycles. The average molecular weight is 230 g/mol. The van der Waals surface area contributed by atoms with E-state index >= 15 is 0 Å². The first kappa shape index (κ1) is 11.4. The van der Waals surface area contributed by atoms with Gasteiger partial charge in [-0.2, -0.15) is 13.2 Å². The minimum Gasteiger partial charge on any atom is -0.306 e. The molecule has 5 heteroatoms. The van der Waals surface area contributed by atoms with Crippen LogP contribution >= 0.6 is 0 Å². The highest BCUT2D eigenvalue weighted by molar-refractivity contribution is 5.43. The summed E-state index contributed by atoms with van der Waals surface area (Å²) in [5.74, 6) is 0. The van der Waals surface area contributed by atoms with Crippen LogP contribution in [0.4, 0.5) is 18.9 Å². The summed E-state index contributed by atoms with van der Waals surface area (Å²) in [5.41, 5.74) is 0.0693. The monoisotopic (exact) mass is 230 g/mol. The third-order valence-corrected chi connectivity index (χ3v) is 2.66. The van der Waals surface area contributed by atoms with Crippen molar-refractivity contribution < 1.29 is 13.2 Å². The molecule has 1 aliphatic rings. The Hall–Kier alpha value is -1.07. The van der Waals surface area contributed by atoms with Gasteiger partial charge in [0.25, 0.3) is 0 Å². The van der Waals surface area contributed by atoms with Crippen LogP contribution in [0.15, 0.2) is 24.3 Å². The average Bonchev–Trinajstić information content (AvgIpc) is 2.29. The van der Waals surface area contributed by atoms with Crippen LogP contribution in [0, 0.1) is 0 Å². The Balaban J connectivity index is 2.21. The maximum atomic E-state index is 12.5. The van der Waals surface area contributed by atoms with Crippen molar-refractivity contribution in [3.8, 4) is 0 Å². The highest BCUT2D eigenvalue weighted by Crippen LogP contribution is 2.31. The van der Waals surface area contributed by atoms with Gasteiger partial charge in [-0.3, -0.25) is 0 Å². The van der Waals surface area contributed by atoms with E-state index in [9.17, 15) is 13.2 Å². The van der Waals surface area contributed by atoms with Crippen molar-refractivity contribution in [1.29, 1.82) is 0 Å². The van der Waals surface area contributed by atoms with Gasteiger partial charge in [-0.05, 0) is 6.07 Å². The third kappa shape index (κ3) is 2.54. The molecular weight excluding hydrogens is 217 g/mol. The Kier molecular flexibility index (Phi) is 3.16. The molecule has 1 N–H and O–H groups in total. The SMILES string of the molecule is FC(F)(F)c1cccc([N+]2CCNCC2)c1. The van der Waals surface area contributed by atoms with E-state index in [2.05, 4.69) is 5.32 Å². The fraction of sp³-hybridized carbons (Fsp3) is 0.455. The van der Waals surface area contributed by atoms with Gasteiger partial charge in [-0.25, -0.2) is 0 Å². The fourth-order valence-corrected chi connectivity index (χ4v) is 1.80. The molecule has 1 fully saturated rings. The van der Waals surface area contributed by atoms with Crippen molar-refractivity contribution in [2.45, 2.75) is 6.18 Å². The highest BCUT2D eigenvalue weighted by atomic mass is 19.4. The lowest BCUT2D eigenvalue weighted by Gasteiger charge is -2.18. The Bertz CT molecular complexity index is 356. The zero-order chi connectivity index (χ0) is 11.6. The van der Waals surface area contributed by atoms with Crippen molar-refractivity contribution in [3.05, 3.63) is 29.8 Å². The molecule has 2 rings (SSSR count). The van der Waals surface area contributed by atoms with Crippen LogP contribution in [-0.4, -0.2) is 26.2 Å². The number of piperazine rings is 1. The Morgan fingerprint density at radius 2 is 1.81 bits per heavy atom. The molecule has 2 nitrogen and oxygen atoms in total. The largest absolute Gasteiger partial charge is 0.416 e. The lowest BCUT2D eigenvalue weighted by atomic mass is 10.1. The second kappa shape index (κ2) is 4.43. The lowest BCUT2D eigenvalue weighted by Crippen LogP contribution is -2.44. The number of nitrogens with one attached hydrogen (secondary N) is 1. The minimum absolute atomic E-state index is 0.580. The van der Waals surface area contributed by atoms with Gasteiger partial charge in [0.15, 0.2) is 5.69 Å². The van der Waals surface area contributed by atoms with E-state index in [4.69, 9.17) is 0 Å². The van der Waals surface area contributed by atoms with Crippen LogP contribution in [-0.2, 0) is 6.18 Å². The van der Waals surface area contributed by atoms with E-state index in [0.29, 0.717) is 5.69 Å². The highest BCUT2D eigenvalue weighted by Gasteiger charge is 2.32. The molecule has 0 saturated carbocycles. The maximum absolute atomic E-state index is 12.5. The first-order valence-corrected chi connectivity index (χ1v) is 5.20. The van der Waals surface area contributed by atoms with Crippen molar-refractivity contribution in [2.24, 2.45) is 0 Å². The normalized spacial score (nSPS) is 18.7. The van der Waals surface area contributed by atoms with E-state index in [1.54, 1.807) is 6.07 Å². The van der Waals surface area contributed by atoms with Crippen molar-refractivity contribution >= 4 is 5.69 Å². The molecular formula is C11H13F3N2+. The van der Waals surface area contributed by atoms with E-state index in [1.807, 2.05) is 4.90 Å². The number of alkyl halides is 3. The summed E-state index contributed by atoms with van der Waals surface area (Å²) in [4.78, 5) is 1.96. The van der Waals surface area contributed by atoms with Gasteiger partial charge in [0, 0.05) is 12.1 Å². The molecule has 0 atom stereocenters. The smallest absolute Gasteiger partial charge is 0.306 e. The predicted octanol–water partition coefficient (Wildman–Crippen LogP) is 2.08. The fourth-order valence-electron chi connectivity index (χ4n) is 1.80. The van der Waals surface area contributed by atoms with Crippen molar-refractivity contribution in [1.82, 2.24) is 10.2 Å². The first-order valence-electron chi connectivity index (χ1n) is 5.20. The van der Waals surface area contributed by atoms with Gasteiger partial charge in [-0.15, -0.1) is 4.90 Å². The summed E-state index contributed by atoms with van der Waals surface area (Å²) < 4.78 is 37.5. The zero-order valence-corrected chi connectivity index (χ0v) is 8.72.